The first-order chi connectivity index (χ1) is 8.57. The normalized spacial score (nSPS) is 10.6. The Morgan fingerprint density at radius 2 is 1.83 bits per heavy atom. The van der Waals surface area contributed by atoms with Crippen molar-refractivity contribution in [1.29, 1.82) is 0 Å². The molecule has 4 nitrogen and oxygen atoms in total. The molecule has 0 saturated carbocycles. The van der Waals surface area contributed by atoms with Gasteiger partial charge in [0, 0.05) is 19.2 Å². The number of benzene rings is 1. The van der Waals surface area contributed by atoms with E-state index in [4.69, 9.17) is 0 Å². The fraction of sp³-hybridized carbons (Fsp3) is 0.286. The van der Waals surface area contributed by atoms with Gasteiger partial charge in [0.2, 0.25) is 0 Å². The molecule has 0 radical (unpaired) electrons. The zero-order chi connectivity index (χ0) is 13.3. The van der Waals surface area contributed by atoms with E-state index in [1.807, 2.05) is 30.3 Å². The predicted molar refractivity (Wildman–Crippen MR) is 70.4 cm³/mol. The maximum Gasteiger partial charge on any atom is 0.282 e. The third kappa shape index (κ3) is 1.79. The van der Waals surface area contributed by atoms with Crippen LogP contribution in [0, 0.1) is 6.92 Å². The molecule has 1 heterocycles. The van der Waals surface area contributed by atoms with Gasteiger partial charge in [0.25, 0.3) is 5.56 Å². The molecule has 2 rings (SSSR count). The molecule has 0 fully saturated rings. The lowest BCUT2D eigenvalue weighted by molar-refractivity contribution is 0.0986. The number of rotatable bonds is 3. The van der Waals surface area contributed by atoms with Crippen molar-refractivity contribution in [3.63, 3.8) is 0 Å². The summed E-state index contributed by atoms with van der Waals surface area (Å²) in [4.78, 5) is 24.2. The predicted octanol–water partition coefficient (Wildman–Crippen LogP) is 2.08. The minimum Gasteiger partial charge on any atom is -0.294 e. The van der Waals surface area contributed by atoms with Gasteiger partial charge in [-0.05, 0) is 19.1 Å². The summed E-state index contributed by atoms with van der Waals surface area (Å²) in [5.74, 6) is -0.109. The number of Topliss-reactive ketones (excluding diaryl/α,β-unsaturated/α-hetero) is 1. The summed E-state index contributed by atoms with van der Waals surface area (Å²) >= 11 is 0. The van der Waals surface area contributed by atoms with Crippen LogP contribution in [-0.2, 0) is 7.05 Å². The summed E-state index contributed by atoms with van der Waals surface area (Å²) in [5, 5.41) is 0. The van der Waals surface area contributed by atoms with Gasteiger partial charge >= 0.3 is 0 Å². The smallest absolute Gasteiger partial charge is 0.282 e. The molecule has 1 aromatic carbocycles. The van der Waals surface area contributed by atoms with Crippen molar-refractivity contribution < 1.29 is 4.79 Å². The first kappa shape index (κ1) is 12.4. The van der Waals surface area contributed by atoms with Crippen LogP contribution in [0.2, 0.25) is 0 Å². The van der Waals surface area contributed by atoms with Gasteiger partial charge in [-0.2, -0.15) is 0 Å². The monoisotopic (exact) mass is 244 g/mol. The average Bonchev–Trinajstić information content (AvgIpc) is 2.61. The van der Waals surface area contributed by atoms with E-state index in [0.29, 0.717) is 17.7 Å². The Balaban J connectivity index is 2.72. The maximum atomic E-state index is 12.3. The van der Waals surface area contributed by atoms with E-state index in [-0.39, 0.29) is 11.3 Å². The van der Waals surface area contributed by atoms with Crippen LogP contribution < -0.4 is 5.56 Å². The molecule has 0 aliphatic carbocycles. The molecule has 18 heavy (non-hydrogen) atoms. The number of carbonyl (C=O) groups excluding carboxylic acids is 1. The Morgan fingerprint density at radius 3 is 2.39 bits per heavy atom. The van der Waals surface area contributed by atoms with E-state index in [0.717, 1.165) is 5.69 Å². The largest absolute Gasteiger partial charge is 0.294 e. The van der Waals surface area contributed by atoms with E-state index in [1.54, 1.807) is 25.6 Å². The second kappa shape index (κ2) is 4.64. The Labute approximate surface area is 105 Å². The molecule has 0 bridgehead atoms. The van der Waals surface area contributed by atoms with Crippen LogP contribution in [0.25, 0.3) is 5.69 Å². The number of aromatic nitrogens is 2. The molecule has 2 aromatic rings. The first-order valence-electron chi connectivity index (χ1n) is 5.95. The molecule has 4 heteroatoms. The van der Waals surface area contributed by atoms with Gasteiger partial charge in [0.05, 0.1) is 5.69 Å². The van der Waals surface area contributed by atoms with Gasteiger partial charge in [-0.25, -0.2) is 4.68 Å². The van der Waals surface area contributed by atoms with Crippen molar-refractivity contribution >= 4 is 5.78 Å². The Morgan fingerprint density at radius 1 is 1.22 bits per heavy atom. The number of carbonyl (C=O) groups is 1. The molecular weight excluding hydrogens is 228 g/mol. The van der Waals surface area contributed by atoms with Crippen LogP contribution in [0.5, 0.6) is 0 Å². The molecule has 1 aromatic heterocycles. The lowest BCUT2D eigenvalue weighted by atomic mass is 10.1. The van der Waals surface area contributed by atoms with Gasteiger partial charge in [0.15, 0.2) is 5.78 Å². The summed E-state index contributed by atoms with van der Waals surface area (Å²) in [6.45, 7) is 3.56. The van der Waals surface area contributed by atoms with Crippen LogP contribution in [-0.4, -0.2) is 15.1 Å². The van der Waals surface area contributed by atoms with E-state index in [9.17, 15) is 9.59 Å². The Hall–Kier alpha value is -2.10. The highest BCUT2D eigenvalue weighted by atomic mass is 16.2. The van der Waals surface area contributed by atoms with Crippen molar-refractivity contribution in [3.05, 3.63) is 51.9 Å². The molecule has 0 aliphatic rings. The summed E-state index contributed by atoms with van der Waals surface area (Å²) in [7, 11) is 1.79. The molecule has 0 aliphatic heterocycles. The number of nitrogens with zero attached hydrogens (tertiary/aromatic N) is 2. The van der Waals surface area contributed by atoms with Gasteiger partial charge in [-0.3, -0.25) is 14.3 Å². The van der Waals surface area contributed by atoms with E-state index >= 15 is 0 Å². The Bertz CT molecular complexity index is 636. The van der Waals surface area contributed by atoms with E-state index < -0.39 is 0 Å². The van der Waals surface area contributed by atoms with Crippen LogP contribution in [0.3, 0.4) is 0 Å². The summed E-state index contributed by atoms with van der Waals surface area (Å²) in [6, 6.07) is 9.32. The molecule has 0 amide bonds. The zero-order valence-corrected chi connectivity index (χ0v) is 10.8. The summed E-state index contributed by atoms with van der Waals surface area (Å²) in [6.07, 6.45) is 0.342. The highest BCUT2D eigenvalue weighted by molar-refractivity contribution is 5.96. The maximum absolute atomic E-state index is 12.3. The molecular formula is C14H16N2O2. The fourth-order valence-electron chi connectivity index (χ4n) is 2.07. The SMILES string of the molecule is CCC(=O)c1c(C)n(C)n(-c2ccccc2)c1=O. The lowest BCUT2D eigenvalue weighted by Gasteiger charge is -2.07. The van der Waals surface area contributed by atoms with Gasteiger partial charge in [-0.1, -0.05) is 25.1 Å². The number of para-hydroxylation sites is 1. The molecule has 0 saturated heterocycles. The van der Waals surface area contributed by atoms with Crippen molar-refractivity contribution in [1.82, 2.24) is 9.36 Å². The number of hydrogen-bond acceptors (Lipinski definition) is 2. The summed E-state index contributed by atoms with van der Waals surface area (Å²) < 4.78 is 3.25. The van der Waals surface area contributed by atoms with E-state index in [2.05, 4.69) is 0 Å². The van der Waals surface area contributed by atoms with Crippen LogP contribution in [0.1, 0.15) is 29.4 Å². The Kier molecular flexibility index (Phi) is 3.19. The third-order valence-electron chi connectivity index (χ3n) is 3.15. The summed E-state index contributed by atoms with van der Waals surface area (Å²) in [5.41, 5.74) is 1.52. The number of ketones is 1. The van der Waals surface area contributed by atoms with Gasteiger partial charge in [0.1, 0.15) is 5.56 Å². The van der Waals surface area contributed by atoms with Crippen LogP contribution >= 0.6 is 0 Å². The van der Waals surface area contributed by atoms with Crippen molar-refractivity contribution in [2.24, 2.45) is 7.05 Å². The second-order valence-corrected chi connectivity index (χ2v) is 4.21. The second-order valence-electron chi connectivity index (χ2n) is 4.21. The minimum atomic E-state index is -0.243. The highest BCUT2D eigenvalue weighted by Crippen LogP contribution is 2.11. The van der Waals surface area contributed by atoms with Gasteiger partial charge in [-0.15, -0.1) is 0 Å². The fourth-order valence-corrected chi connectivity index (χ4v) is 2.07. The molecule has 0 spiro atoms. The molecule has 0 N–H and O–H groups in total. The topological polar surface area (TPSA) is 44.0 Å². The quantitative estimate of drug-likeness (QED) is 0.776. The highest BCUT2D eigenvalue weighted by Gasteiger charge is 2.20. The molecule has 94 valence electrons. The van der Waals surface area contributed by atoms with Crippen molar-refractivity contribution in [2.75, 3.05) is 0 Å². The van der Waals surface area contributed by atoms with Crippen molar-refractivity contribution in [2.45, 2.75) is 20.3 Å². The first-order valence-corrected chi connectivity index (χ1v) is 5.95. The van der Waals surface area contributed by atoms with Crippen LogP contribution in [0.4, 0.5) is 0 Å². The average molecular weight is 244 g/mol. The zero-order valence-electron chi connectivity index (χ0n) is 10.8. The standard InChI is InChI=1S/C14H16N2O2/c1-4-12(17)13-10(2)15(3)16(14(13)18)11-8-6-5-7-9-11/h5-9H,4H2,1-3H3. The molecule has 0 atom stereocenters. The van der Waals surface area contributed by atoms with Crippen molar-refractivity contribution in [3.8, 4) is 5.69 Å². The van der Waals surface area contributed by atoms with E-state index in [1.165, 1.54) is 4.68 Å². The van der Waals surface area contributed by atoms with Crippen LogP contribution in [0.15, 0.2) is 35.1 Å². The number of hydrogen-bond donors (Lipinski definition) is 0. The lowest BCUT2D eigenvalue weighted by Crippen LogP contribution is -2.22. The van der Waals surface area contributed by atoms with Gasteiger partial charge < -0.3 is 0 Å². The minimum absolute atomic E-state index is 0.109. The molecule has 0 unspecified atom stereocenters. The third-order valence-corrected chi connectivity index (χ3v) is 3.15.